The Morgan fingerprint density at radius 2 is 1.00 bits per heavy atom. The topological polar surface area (TPSA) is 92.3 Å². The van der Waals surface area contributed by atoms with Crippen LogP contribution >= 0.6 is 17.2 Å². The first-order chi connectivity index (χ1) is 28.8. The van der Waals surface area contributed by atoms with Gasteiger partial charge in [-0.2, -0.15) is 0 Å². The molecule has 4 heterocycles. The van der Waals surface area contributed by atoms with Crippen LogP contribution in [0, 0.1) is 5.92 Å². The van der Waals surface area contributed by atoms with Crippen LogP contribution in [0.3, 0.4) is 0 Å². The Morgan fingerprint density at radius 1 is 0.541 bits per heavy atom. The largest absolute Gasteiger partial charge is 0.530 e. The van der Waals surface area contributed by atoms with Crippen molar-refractivity contribution in [2.45, 2.75) is 123 Å². The van der Waals surface area contributed by atoms with Crippen LogP contribution in [-0.4, -0.2) is 36.8 Å². The van der Waals surface area contributed by atoms with E-state index in [0.29, 0.717) is 46.0 Å². The van der Waals surface area contributed by atoms with Gasteiger partial charge in [0.05, 0.1) is 5.60 Å². The molecule has 1 saturated heterocycles. The van der Waals surface area contributed by atoms with Crippen molar-refractivity contribution in [2.24, 2.45) is 5.92 Å². The predicted molar refractivity (Wildman–Crippen MR) is 241 cm³/mol. The first-order valence-electron chi connectivity index (χ1n) is 21.1. The highest BCUT2D eigenvalue weighted by Crippen LogP contribution is 2.55. The second-order valence-corrected chi connectivity index (χ2v) is 25.6. The molecule has 1 aliphatic carbocycles. The Hall–Kier alpha value is -4.24. The molecule has 4 aliphatic heterocycles. The van der Waals surface area contributed by atoms with Gasteiger partial charge >= 0.3 is 17.2 Å². The molecule has 3 unspecified atom stereocenters. The van der Waals surface area contributed by atoms with Crippen molar-refractivity contribution in [1.29, 1.82) is 0 Å². The summed E-state index contributed by atoms with van der Waals surface area (Å²) in [6, 6.07) is 25.8. The van der Waals surface area contributed by atoms with Crippen LogP contribution in [0.4, 0.5) is 0 Å². The molecular weight excluding hydrogens is 827 g/mol. The molecular formula is C48H56O10P2Si. The van der Waals surface area contributed by atoms with Gasteiger partial charge in [0.25, 0.3) is 0 Å². The average Bonchev–Trinajstić information content (AvgIpc) is 3.88. The quantitative estimate of drug-likeness (QED) is 0.0954. The number of ether oxygens (including phenoxy) is 4. The van der Waals surface area contributed by atoms with E-state index in [0.717, 1.165) is 47.6 Å². The molecule has 0 N–H and O–H groups in total. The van der Waals surface area contributed by atoms with Crippen molar-refractivity contribution in [3.63, 3.8) is 0 Å². The summed E-state index contributed by atoms with van der Waals surface area (Å²) in [5, 5.41) is 0.866. The molecule has 0 saturated carbocycles. The zero-order valence-electron chi connectivity index (χ0n) is 36.7. The zero-order chi connectivity index (χ0) is 43.0. The Balaban J connectivity index is 1.04. The SMILES string of the molecule is CC1(C)Cc2cccc(OP(OC3=CC=CC4CC(C)(C)OC34)Oc3ccccc3[Si](C)(C)OP(Oc3cccc4c3OC(C)(C)C4)Oc3cccc4c3OC(C)(C)C4)c2O1. The van der Waals surface area contributed by atoms with Gasteiger partial charge in [0.1, 0.15) is 34.4 Å². The van der Waals surface area contributed by atoms with E-state index >= 15 is 0 Å². The predicted octanol–water partition coefficient (Wildman–Crippen LogP) is 12.0. The summed E-state index contributed by atoms with van der Waals surface area (Å²) in [5.41, 5.74) is 1.81. The van der Waals surface area contributed by atoms with E-state index in [1.165, 1.54) is 0 Å². The fourth-order valence-corrected chi connectivity index (χ4v) is 14.1. The number of fused-ring (bicyclic) bond motifs is 4. The molecule has 9 rings (SSSR count). The van der Waals surface area contributed by atoms with E-state index in [-0.39, 0.29) is 34.4 Å². The van der Waals surface area contributed by atoms with Gasteiger partial charge in [0.2, 0.25) is 8.32 Å². The number of hydrogen-bond donors (Lipinski definition) is 0. The van der Waals surface area contributed by atoms with Crippen molar-refractivity contribution in [2.75, 3.05) is 0 Å². The maximum absolute atomic E-state index is 7.14. The summed E-state index contributed by atoms with van der Waals surface area (Å²) in [7, 11) is -7.17. The molecule has 61 heavy (non-hydrogen) atoms. The van der Waals surface area contributed by atoms with Gasteiger partial charge < -0.3 is 45.8 Å². The lowest BCUT2D eigenvalue weighted by Crippen LogP contribution is -2.44. The van der Waals surface area contributed by atoms with Gasteiger partial charge in [-0.3, -0.25) is 0 Å². The normalized spacial score (nSPS) is 22.4. The lowest BCUT2D eigenvalue weighted by Gasteiger charge is -2.30. The lowest BCUT2D eigenvalue weighted by molar-refractivity contribution is -0.0166. The highest BCUT2D eigenvalue weighted by atomic mass is 31.2. The van der Waals surface area contributed by atoms with Crippen LogP contribution in [0.25, 0.3) is 0 Å². The molecule has 0 spiro atoms. The van der Waals surface area contributed by atoms with Gasteiger partial charge in [-0.1, -0.05) is 66.7 Å². The van der Waals surface area contributed by atoms with Crippen molar-refractivity contribution in [3.8, 4) is 40.2 Å². The fraction of sp³-hybridized carbons (Fsp3) is 0.417. The van der Waals surface area contributed by atoms with Crippen molar-refractivity contribution in [1.82, 2.24) is 0 Å². The number of benzene rings is 4. The maximum atomic E-state index is 7.14. The highest BCUT2D eigenvalue weighted by molar-refractivity contribution is 7.45. The second-order valence-electron chi connectivity index (χ2n) is 19.5. The molecule has 0 aromatic heterocycles. The summed E-state index contributed by atoms with van der Waals surface area (Å²) in [6.45, 7) is 20.9. The van der Waals surface area contributed by atoms with E-state index in [2.05, 4.69) is 92.8 Å². The van der Waals surface area contributed by atoms with Crippen molar-refractivity contribution in [3.05, 3.63) is 120 Å². The first-order valence-corrected chi connectivity index (χ1v) is 26.2. The fourth-order valence-electron chi connectivity index (χ4n) is 8.84. The van der Waals surface area contributed by atoms with Gasteiger partial charge in [-0.15, -0.1) is 0 Å². The lowest BCUT2D eigenvalue weighted by atomic mass is 9.91. The minimum atomic E-state index is -2.99. The van der Waals surface area contributed by atoms with Crippen LogP contribution in [0.2, 0.25) is 13.1 Å². The molecule has 0 bridgehead atoms. The number of rotatable bonds is 13. The van der Waals surface area contributed by atoms with E-state index in [9.17, 15) is 0 Å². The Kier molecular flexibility index (Phi) is 10.7. The number of hydrogen-bond acceptors (Lipinski definition) is 10. The molecule has 10 nitrogen and oxygen atoms in total. The summed E-state index contributed by atoms with van der Waals surface area (Å²) >= 11 is 0. The summed E-state index contributed by atoms with van der Waals surface area (Å²) in [6.07, 6.45) is 9.07. The molecule has 3 atom stereocenters. The molecule has 0 radical (unpaired) electrons. The molecule has 1 fully saturated rings. The van der Waals surface area contributed by atoms with Crippen LogP contribution in [0.1, 0.15) is 78.5 Å². The van der Waals surface area contributed by atoms with Gasteiger partial charge in [0.15, 0.2) is 34.5 Å². The van der Waals surface area contributed by atoms with Gasteiger partial charge in [-0.05, 0) is 105 Å². The minimum Gasteiger partial charge on any atom is -0.483 e. The molecule has 5 aliphatic rings. The second kappa shape index (κ2) is 15.5. The smallest absolute Gasteiger partial charge is 0.483 e. The van der Waals surface area contributed by atoms with E-state index in [1.54, 1.807) is 0 Å². The van der Waals surface area contributed by atoms with Gasteiger partial charge in [-0.25, -0.2) is 0 Å². The van der Waals surface area contributed by atoms with E-state index in [1.807, 2.05) is 72.8 Å². The Bertz CT molecular complexity index is 2320. The standard InChI is InChI=1S/C48H56O10P2Si/c1-45(2)27-31-17-13-22-36(41(31)49-45)54-59(55-37-23-14-18-32-28-46(3,4)50-42(32)37)53-35-21-11-12-26-40(35)61(9,10)58-60(56-38-24-15-19-33-29-47(5,6)51-43(33)38)57-39-25-16-20-34-30-48(7,8)52-44(34)39/h11-26,31,41H,27-30H2,1-10H3. The number of para-hydroxylation sites is 4. The van der Waals surface area contributed by atoms with Crippen LogP contribution in [0.5, 0.6) is 40.2 Å². The highest BCUT2D eigenvalue weighted by Gasteiger charge is 2.45. The van der Waals surface area contributed by atoms with Crippen molar-refractivity contribution < 1.29 is 45.8 Å². The van der Waals surface area contributed by atoms with Crippen LogP contribution < -0.4 is 37.5 Å². The van der Waals surface area contributed by atoms with E-state index < -0.39 is 25.5 Å². The first kappa shape index (κ1) is 42.1. The molecule has 4 aromatic carbocycles. The Labute approximate surface area is 363 Å². The van der Waals surface area contributed by atoms with E-state index in [4.69, 9.17) is 45.8 Å². The molecule has 0 amide bonds. The summed E-state index contributed by atoms with van der Waals surface area (Å²) in [5.74, 6) is 5.20. The number of allylic oxidation sites excluding steroid dienone is 2. The third-order valence-electron chi connectivity index (χ3n) is 11.3. The van der Waals surface area contributed by atoms with Crippen LogP contribution in [0.15, 0.2) is 103 Å². The Morgan fingerprint density at radius 3 is 1.52 bits per heavy atom. The summed E-state index contributed by atoms with van der Waals surface area (Å²) in [4.78, 5) is 0. The molecule has 4 aromatic rings. The monoisotopic (exact) mass is 882 g/mol. The minimum absolute atomic E-state index is 0.174. The average molecular weight is 883 g/mol. The summed E-state index contributed by atoms with van der Waals surface area (Å²) < 4.78 is 67.0. The maximum Gasteiger partial charge on any atom is 0.530 e. The third kappa shape index (κ3) is 9.01. The molecule has 13 heteroatoms. The van der Waals surface area contributed by atoms with Crippen LogP contribution in [-0.2, 0) is 32.7 Å². The third-order valence-corrected chi connectivity index (χ3v) is 17.2. The van der Waals surface area contributed by atoms with Crippen molar-refractivity contribution >= 4 is 30.7 Å². The zero-order valence-corrected chi connectivity index (χ0v) is 39.5. The van der Waals surface area contributed by atoms with Gasteiger partial charge in [0, 0.05) is 47.1 Å². The molecule has 322 valence electrons.